The monoisotopic (exact) mass is 404 g/mol. The van der Waals surface area contributed by atoms with Crippen LogP contribution in [0.1, 0.15) is 0 Å². The molecular formula is Cd2O4SSe. The maximum Gasteiger partial charge on any atom is 2.00 e. The summed E-state index contributed by atoms with van der Waals surface area (Å²) in [6.07, 6.45) is 0. The zero-order valence-corrected chi connectivity index (χ0v) is 14.5. The molecule has 8 heteroatoms. The first-order chi connectivity index (χ1) is 2.00. The van der Waals surface area contributed by atoms with Crippen molar-refractivity contribution in [3.63, 3.8) is 0 Å². The van der Waals surface area contributed by atoms with Crippen LogP contribution in [0.3, 0.4) is 0 Å². The van der Waals surface area contributed by atoms with Crippen molar-refractivity contribution in [3.8, 4) is 0 Å². The molecule has 0 aromatic carbocycles. The van der Waals surface area contributed by atoms with Crippen LogP contribution in [-0.4, -0.2) is 13.4 Å². The first-order valence-corrected chi connectivity index (χ1v) is 3.46. The van der Waals surface area contributed by atoms with Crippen molar-refractivity contribution >= 4 is 26.9 Å². The molecule has 40 valence electrons. The molecule has 0 radical (unpaired) electrons. The van der Waals surface area contributed by atoms with E-state index in [1.165, 1.54) is 0 Å². The molecule has 0 unspecified atom stereocenters. The maximum absolute atomic E-state index is 8.59. The molecule has 0 heterocycles. The summed E-state index contributed by atoms with van der Waals surface area (Å²) >= 11 is -5.75. The summed E-state index contributed by atoms with van der Waals surface area (Å²) in [4.78, 5) is 0. The summed E-state index contributed by atoms with van der Waals surface area (Å²) in [5.41, 5.74) is 0. The van der Waals surface area contributed by atoms with Crippen LogP contribution in [0.4, 0.5) is 0 Å². The van der Waals surface area contributed by atoms with E-state index in [9.17, 15) is 0 Å². The van der Waals surface area contributed by atoms with E-state index < -0.39 is 13.4 Å². The van der Waals surface area contributed by atoms with E-state index in [1.54, 1.807) is 0 Å². The van der Waals surface area contributed by atoms with Crippen molar-refractivity contribution in [2.75, 3.05) is 0 Å². The van der Waals surface area contributed by atoms with Gasteiger partial charge in [0.05, 0.1) is 0 Å². The number of hydrogen-bond acceptors (Lipinski definition) is 4. The normalized spacial score (nSPS) is 7.25. The Bertz CT molecular complexity index is 97.2. The largest absolute Gasteiger partial charge is 2.00 e. The second kappa shape index (κ2) is 9.23. The van der Waals surface area contributed by atoms with Crippen LogP contribution in [0.5, 0.6) is 0 Å². The van der Waals surface area contributed by atoms with Crippen molar-refractivity contribution in [1.29, 1.82) is 0 Å². The molecule has 0 saturated heterocycles. The second-order valence-electron chi connectivity index (χ2n) is 0.408. The molecule has 0 aliphatic heterocycles. The number of hydrogen-bond donors (Lipinski definition) is 0. The molecule has 0 aromatic rings. The molecule has 0 saturated carbocycles. The van der Waals surface area contributed by atoms with Gasteiger partial charge in [-0.2, -0.15) is 0 Å². The Balaban J connectivity index is -0.0000000267. The van der Waals surface area contributed by atoms with Crippen LogP contribution in [0.15, 0.2) is 0 Å². The molecule has 0 rings (SSSR count). The molecule has 4 nitrogen and oxygen atoms in total. The van der Waals surface area contributed by atoms with Gasteiger partial charge in [0.25, 0.3) is 0 Å². The van der Waals surface area contributed by atoms with Crippen LogP contribution in [0.2, 0.25) is 0 Å². The molecule has 0 spiro atoms. The van der Waals surface area contributed by atoms with Crippen LogP contribution >= 0.6 is 0 Å². The molecule has 0 atom stereocenters. The Morgan fingerprint density at radius 2 is 1.00 bits per heavy atom. The average Bonchev–Trinajstić information content (AvgIpc) is 0.722. The Morgan fingerprint density at radius 1 is 1.00 bits per heavy atom. The van der Waals surface area contributed by atoms with Crippen molar-refractivity contribution in [2.45, 2.75) is 0 Å². The summed E-state index contributed by atoms with van der Waals surface area (Å²) in [7, 11) is 0. The van der Waals surface area contributed by atoms with Gasteiger partial charge in [-0.1, -0.05) is 0 Å². The van der Waals surface area contributed by atoms with E-state index in [-0.39, 0.29) is 68.1 Å². The van der Waals surface area contributed by atoms with E-state index in [4.69, 9.17) is 16.0 Å². The standard InChI is InChI=1S/2Cd.H2O4Se.S/c;;1-5(2,3)4;/h;;(H2,1,2,3,4);/q2*+2;;-2/p-2. The van der Waals surface area contributed by atoms with Crippen LogP contribution in [-0.2, 0) is 75.8 Å². The molecule has 0 N–H and O–H groups in total. The van der Waals surface area contributed by atoms with Gasteiger partial charge in [-0.3, -0.25) is 0 Å². The zero-order valence-electron chi connectivity index (χ0n) is 3.86. The first-order valence-electron chi connectivity index (χ1n) is 0.667. The van der Waals surface area contributed by atoms with Crippen LogP contribution in [0, 0.1) is 0 Å². The van der Waals surface area contributed by atoms with Gasteiger partial charge in [0.1, 0.15) is 0 Å². The first kappa shape index (κ1) is 22.5. The smallest absolute Gasteiger partial charge is 2.00 e. The van der Waals surface area contributed by atoms with Crippen molar-refractivity contribution in [3.05, 3.63) is 0 Å². The minimum absolute atomic E-state index is 0. The molecule has 0 aliphatic carbocycles. The van der Waals surface area contributed by atoms with Gasteiger partial charge in [-0.25, -0.2) is 0 Å². The third-order valence-electron chi connectivity index (χ3n) is 0. The second-order valence-corrected chi connectivity index (χ2v) is 2.12. The van der Waals surface area contributed by atoms with E-state index in [2.05, 4.69) is 0 Å². The van der Waals surface area contributed by atoms with Crippen molar-refractivity contribution in [2.24, 2.45) is 0 Å². The predicted molar refractivity (Wildman–Crippen MR) is 14.5 cm³/mol. The molecule has 0 amide bonds. The van der Waals surface area contributed by atoms with Gasteiger partial charge in [-0.15, -0.1) is 0 Å². The summed E-state index contributed by atoms with van der Waals surface area (Å²) < 4.78 is 34.4. The van der Waals surface area contributed by atoms with Gasteiger partial charge < -0.3 is 13.5 Å². The molecule has 8 heavy (non-hydrogen) atoms. The fourth-order valence-corrected chi connectivity index (χ4v) is 0. The van der Waals surface area contributed by atoms with Gasteiger partial charge in [0.2, 0.25) is 0 Å². The van der Waals surface area contributed by atoms with E-state index in [0.717, 1.165) is 0 Å². The summed E-state index contributed by atoms with van der Waals surface area (Å²) in [6.45, 7) is 0. The SMILES string of the molecule is O=[Se](=O)([O-])[O-].[Cd+2].[Cd+2].[S-2]. The maximum atomic E-state index is 8.59. The molecule has 0 fully saturated rings. The number of rotatable bonds is 0. The summed E-state index contributed by atoms with van der Waals surface area (Å²) in [5, 5.41) is 0. The summed E-state index contributed by atoms with van der Waals surface area (Å²) in [6, 6.07) is 0. The van der Waals surface area contributed by atoms with Crippen molar-refractivity contribution < 1.29 is 70.6 Å². The van der Waals surface area contributed by atoms with E-state index >= 15 is 0 Å². The van der Waals surface area contributed by atoms with Gasteiger partial charge >= 0.3 is 84.0 Å². The molecular weight excluding hydrogens is 400 g/mol. The van der Waals surface area contributed by atoms with E-state index in [0.29, 0.717) is 0 Å². The zero-order chi connectivity index (χ0) is 4.50. The Hall–Kier alpha value is 2.23. The third kappa shape index (κ3) is 86.4. The van der Waals surface area contributed by atoms with E-state index in [1.807, 2.05) is 0 Å². The van der Waals surface area contributed by atoms with Gasteiger partial charge in [-0.05, 0) is 0 Å². The topological polar surface area (TPSA) is 80.3 Å². The minimum Gasteiger partial charge on any atom is -2.00 e. The third-order valence-corrected chi connectivity index (χ3v) is 0. The Labute approximate surface area is 96.1 Å². The minimum atomic E-state index is -5.75. The molecule has 0 bridgehead atoms. The predicted octanol–water partition coefficient (Wildman–Crippen LogP) is -3.00. The van der Waals surface area contributed by atoms with Crippen LogP contribution in [0.25, 0.3) is 0 Å². The quantitative estimate of drug-likeness (QED) is 0.407. The average molecular weight is 400 g/mol. The summed E-state index contributed by atoms with van der Waals surface area (Å²) in [5.74, 6) is 0. The Kier molecular flexibility index (Phi) is 25.9. The molecule has 0 aromatic heterocycles. The molecule has 0 aliphatic rings. The van der Waals surface area contributed by atoms with Gasteiger partial charge in [0, 0.05) is 0 Å². The fourth-order valence-electron chi connectivity index (χ4n) is 0. The van der Waals surface area contributed by atoms with Gasteiger partial charge in [0.15, 0.2) is 0 Å². The van der Waals surface area contributed by atoms with Crippen LogP contribution < -0.4 is 8.38 Å². The Morgan fingerprint density at radius 3 is 1.00 bits per heavy atom. The van der Waals surface area contributed by atoms with Crippen molar-refractivity contribution in [1.82, 2.24) is 0 Å². The fraction of sp³-hybridized carbons (Fsp3) is 0.